The molecule has 1 N–H and O–H groups in total. The van der Waals surface area contributed by atoms with Crippen LogP contribution in [0, 0.1) is 19.8 Å². The predicted octanol–water partition coefficient (Wildman–Crippen LogP) is 2.28. The van der Waals surface area contributed by atoms with Crippen molar-refractivity contribution in [3.8, 4) is 0 Å². The summed E-state index contributed by atoms with van der Waals surface area (Å²) in [4.78, 5) is 4.31. The average Bonchev–Trinajstić information content (AvgIpc) is 2.87. The molecule has 0 saturated carbocycles. The molecular formula is C14H22N4O. The number of nitrogens with one attached hydrogen (secondary N) is 1. The topological polar surface area (TPSA) is 55.9 Å². The lowest BCUT2D eigenvalue weighted by Crippen LogP contribution is -2.19. The van der Waals surface area contributed by atoms with Gasteiger partial charge >= 0.3 is 0 Å². The minimum atomic E-state index is 0.638. The molecule has 0 aliphatic carbocycles. The Hall–Kier alpha value is -1.62. The minimum absolute atomic E-state index is 0.638. The molecule has 0 atom stereocenters. The van der Waals surface area contributed by atoms with Gasteiger partial charge in [-0.3, -0.25) is 0 Å². The number of hydrogen-bond acceptors (Lipinski definition) is 4. The molecule has 0 aromatic carbocycles. The van der Waals surface area contributed by atoms with Crippen molar-refractivity contribution in [1.29, 1.82) is 0 Å². The van der Waals surface area contributed by atoms with Crippen LogP contribution in [0.15, 0.2) is 16.7 Å². The van der Waals surface area contributed by atoms with Crippen molar-refractivity contribution in [2.45, 2.75) is 40.8 Å². The van der Waals surface area contributed by atoms with Gasteiger partial charge in [0.2, 0.25) is 0 Å². The van der Waals surface area contributed by atoms with Gasteiger partial charge in [0.05, 0.1) is 19.4 Å². The highest BCUT2D eigenvalue weighted by Gasteiger charge is 2.10. The zero-order chi connectivity index (χ0) is 13.8. The molecule has 0 spiro atoms. The molecule has 0 aliphatic rings. The molecule has 0 radical (unpaired) electrons. The van der Waals surface area contributed by atoms with Crippen LogP contribution in [0.3, 0.4) is 0 Å². The molecule has 19 heavy (non-hydrogen) atoms. The van der Waals surface area contributed by atoms with Crippen molar-refractivity contribution in [3.63, 3.8) is 0 Å². The number of rotatable bonds is 6. The number of nitrogens with zero attached hydrogens (tertiary/aromatic N) is 3. The van der Waals surface area contributed by atoms with E-state index in [2.05, 4.69) is 29.2 Å². The van der Waals surface area contributed by atoms with E-state index in [4.69, 9.17) is 4.42 Å². The molecule has 104 valence electrons. The van der Waals surface area contributed by atoms with Gasteiger partial charge in [-0.05, 0) is 32.4 Å². The Morgan fingerprint density at radius 3 is 2.79 bits per heavy atom. The zero-order valence-electron chi connectivity index (χ0n) is 12.1. The van der Waals surface area contributed by atoms with Crippen LogP contribution >= 0.6 is 0 Å². The Morgan fingerprint density at radius 2 is 2.16 bits per heavy atom. The van der Waals surface area contributed by atoms with E-state index in [-0.39, 0.29) is 0 Å². The number of furan rings is 1. The van der Waals surface area contributed by atoms with E-state index >= 15 is 0 Å². The van der Waals surface area contributed by atoms with Gasteiger partial charge in [-0.1, -0.05) is 13.8 Å². The first-order chi connectivity index (χ1) is 9.06. The standard InChI is InChI=1S/C14H22N4O/c1-10(2)7-15-8-14-13(5-6-19-14)9-18-12(4)16-11(3)17-18/h5-6,10,15H,7-9H2,1-4H3. The van der Waals surface area contributed by atoms with Crippen LogP contribution in [0.5, 0.6) is 0 Å². The van der Waals surface area contributed by atoms with Crippen LogP contribution in [0.1, 0.15) is 36.8 Å². The first-order valence-corrected chi connectivity index (χ1v) is 6.70. The van der Waals surface area contributed by atoms with Gasteiger partial charge in [-0.25, -0.2) is 9.67 Å². The van der Waals surface area contributed by atoms with E-state index in [0.29, 0.717) is 12.5 Å². The second kappa shape index (κ2) is 6.02. The molecule has 5 heteroatoms. The lowest BCUT2D eigenvalue weighted by molar-refractivity contribution is 0.457. The zero-order valence-corrected chi connectivity index (χ0v) is 12.1. The van der Waals surface area contributed by atoms with Crippen molar-refractivity contribution in [2.75, 3.05) is 6.54 Å². The van der Waals surface area contributed by atoms with Crippen LogP contribution in [0.25, 0.3) is 0 Å². The molecule has 2 aromatic heterocycles. The van der Waals surface area contributed by atoms with Gasteiger partial charge in [0.1, 0.15) is 17.4 Å². The lowest BCUT2D eigenvalue weighted by Gasteiger charge is -2.07. The lowest BCUT2D eigenvalue weighted by atomic mass is 10.2. The Morgan fingerprint density at radius 1 is 1.37 bits per heavy atom. The van der Waals surface area contributed by atoms with Crippen molar-refractivity contribution >= 4 is 0 Å². The minimum Gasteiger partial charge on any atom is -0.468 e. The Balaban J connectivity index is 2.01. The first-order valence-electron chi connectivity index (χ1n) is 6.70. The summed E-state index contributed by atoms with van der Waals surface area (Å²) in [7, 11) is 0. The summed E-state index contributed by atoms with van der Waals surface area (Å²) >= 11 is 0. The van der Waals surface area contributed by atoms with Gasteiger partial charge in [-0.15, -0.1) is 0 Å². The maximum absolute atomic E-state index is 5.54. The van der Waals surface area contributed by atoms with Crippen molar-refractivity contribution in [3.05, 3.63) is 35.3 Å². The van der Waals surface area contributed by atoms with Crippen molar-refractivity contribution in [1.82, 2.24) is 20.1 Å². The van der Waals surface area contributed by atoms with Crippen molar-refractivity contribution < 1.29 is 4.42 Å². The van der Waals surface area contributed by atoms with Crippen molar-refractivity contribution in [2.24, 2.45) is 5.92 Å². The number of aromatic nitrogens is 3. The van der Waals surface area contributed by atoms with E-state index in [1.54, 1.807) is 6.26 Å². The van der Waals surface area contributed by atoms with E-state index in [9.17, 15) is 0 Å². The summed E-state index contributed by atoms with van der Waals surface area (Å²) in [6.07, 6.45) is 1.74. The normalized spacial score (nSPS) is 11.4. The van der Waals surface area contributed by atoms with Gasteiger partial charge in [0.15, 0.2) is 0 Å². The molecular weight excluding hydrogens is 240 g/mol. The molecule has 0 fully saturated rings. The largest absolute Gasteiger partial charge is 0.468 e. The highest BCUT2D eigenvalue weighted by atomic mass is 16.3. The van der Waals surface area contributed by atoms with E-state index in [1.807, 2.05) is 24.6 Å². The molecule has 0 unspecified atom stereocenters. The summed E-state index contributed by atoms with van der Waals surface area (Å²) in [5.74, 6) is 3.35. The summed E-state index contributed by atoms with van der Waals surface area (Å²) in [6, 6.07) is 2.00. The van der Waals surface area contributed by atoms with Crippen LogP contribution < -0.4 is 5.32 Å². The third-order valence-corrected chi connectivity index (χ3v) is 2.96. The van der Waals surface area contributed by atoms with Gasteiger partial charge in [-0.2, -0.15) is 5.10 Å². The molecule has 2 rings (SSSR count). The maximum atomic E-state index is 5.54. The molecule has 5 nitrogen and oxygen atoms in total. The van der Waals surface area contributed by atoms with Crippen LogP contribution in [-0.4, -0.2) is 21.3 Å². The van der Waals surface area contributed by atoms with Crippen LogP contribution in [0.4, 0.5) is 0 Å². The fourth-order valence-corrected chi connectivity index (χ4v) is 2.01. The number of hydrogen-bond donors (Lipinski definition) is 1. The fraction of sp³-hybridized carbons (Fsp3) is 0.571. The predicted molar refractivity (Wildman–Crippen MR) is 73.9 cm³/mol. The summed E-state index contributed by atoms with van der Waals surface area (Å²) in [6.45, 7) is 10.7. The molecule has 0 amide bonds. The fourth-order valence-electron chi connectivity index (χ4n) is 2.01. The maximum Gasteiger partial charge on any atom is 0.147 e. The SMILES string of the molecule is Cc1nc(C)n(Cc2ccoc2CNCC(C)C)n1. The number of aryl methyl sites for hydroxylation is 2. The third-order valence-electron chi connectivity index (χ3n) is 2.96. The monoisotopic (exact) mass is 262 g/mol. The van der Waals surface area contributed by atoms with Crippen LogP contribution in [0.2, 0.25) is 0 Å². The first kappa shape index (κ1) is 13.8. The molecule has 0 bridgehead atoms. The molecule has 0 saturated heterocycles. The molecule has 2 heterocycles. The third kappa shape index (κ3) is 3.67. The van der Waals surface area contributed by atoms with E-state index in [1.165, 1.54) is 0 Å². The van der Waals surface area contributed by atoms with Gasteiger partial charge < -0.3 is 9.73 Å². The van der Waals surface area contributed by atoms with Gasteiger partial charge in [0.25, 0.3) is 0 Å². The highest BCUT2D eigenvalue weighted by molar-refractivity contribution is 5.17. The van der Waals surface area contributed by atoms with Crippen LogP contribution in [-0.2, 0) is 13.1 Å². The Kier molecular flexibility index (Phi) is 4.37. The second-order valence-corrected chi connectivity index (χ2v) is 5.26. The Labute approximate surface area is 114 Å². The Bertz CT molecular complexity index is 527. The molecule has 0 aliphatic heterocycles. The van der Waals surface area contributed by atoms with Gasteiger partial charge in [0, 0.05) is 5.56 Å². The summed E-state index contributed by atoms with van der Waals surface area (Å²) in [5.41, 5.74) is 1.16. The second-order valence-electron chi connectivity index (χ2n) is 5.26. The summed E-state index contributed by atoms with van der Waals surface area (Å²) in [5, 5.41) is 7.77. The highest BCUT2D eigenvalue weighted by Crippen LogP contribution is 2.13. The van der Waals surface area contributed by atoms with E-state index in [0.717, 1.165) is 36.1 Å². The quantitative estimate of drug-likeness (QED) is 0.867. The van der Waals surface area contributed by atoms with E-state index < -0.39 is 0 Å². The molecule has 2 aromatic rings. The average molecular weight is 262 g/mol. The summed E-state index contributed by atoms with van der Waals surface area (Å²) < 4.78 is 7.45. The smallest absolute Gasteiger partial charge is 0.147 e.